The fourth-order valence-electron chi connectivity index (χ4n) is 1.93. The highest BCUT2D eigenvalue weighted by molar-refractivity contribution is 7.91. The van der Waals surface area contributed by atoms with E-state index in [1.165, 1.54) is 0 Å². The summed E-state index contributed by atoms with van der Waals surface area (Å²) in [5.74, 6) is 1.44. The molecule has 0 fully saturated rings. The molecule has 1 N–H and O–H groups in total. The first-order valence-electron chi connectivity index (χ1n) is 7.12. The van der Waals surface area contributed by atoms with Crippen molar-refractivity contribution >= 4 is 27.1 Å². The van der Waals surface area contributed by atoms with Crippen molar-refractivity contribution in [3.63, 3.8) is 0 Å². The Labute approximate surface area is 127 Å². The predicted octanol–water partition coefficient (Wildman–Crippen LogP) is 3.94. The second-order valence-corrected chi connectivity index (χ2v) is 7.59. The largest absolute Gasteiger partial charge is 0.385 e. The lowest BCUT2D eigenvalue weighted by Crippen LogP contribution is -2.07. The molecule has 1 rings (SSSR count). The average Bonchev–Trinajstić information content (AvgIpc) is 2.43. The Morgan fingerprint density at radius 2 is 1.90 bits per heavy atom. The van der Waals surface area contributed by atoms with Crippen LogP contribution in [0.15, 0.2) is 29.2 Å². The van der Waals surface area contributed by atoms with Crippen molar-refractivity contribution in [2.75, 3.05) is 23.5 Å². The number of halogens is 1. The first kappa shape index (κ1) is 17.3. The van der Waals surface area contributed by atoms with Crippen molar-refractivity contribution in [2.24, 2.45) is 5.92 Å². The van der Waals surface area contributed by atoms with Gasteiger partial charge in [-0.2, -0.15) is 0 Å². The molecular formula is C15H24ClNO2S. The fraction of sp³-hybridized carbons (Fsp3) is 0.600. The van der Waals surface area contributed by atoms with Crippen molar-refractivity contribution in [1.82, 2.24) is 0 Å². The van der Waals surface area contributed by atoms with Crippen LogP contribution in [0.2, 0.25) is 0 Å². The quantitative estimate of drug-likeness (QED) is 0.554. The molecule has 3 nitrogen and oxygen atoms in total. The second kappa shape index (κ2) is 8.53. The molecular weight excluding hydrogens is 294 g/mol. The Kier molecular flexibility index (Phi) is 7.38. The zero-order chi connectivity index (χ0) is 15.0. The van der Waals surface area contributed by atoms with Gasteiger partial charge in [-0.15, -0.1) is 11.6 Å². The van der Waals surface area contributed by atoms with Gasteiger partial charge in [0.25, 0.3) is 0 Å². The van der Waals surface area contributed by atoms with Gasteiger partial charge in [0.15, 0.2) is 9.84 Å². The van der Waals surface area contributed by atoms with E-state index in [-0.39, 0.29) is 5.75 Å². The minimum absolute atomic E-state index is 0.204. The van der Waals surface area contributed by atoms with Crippen LogP contribution in [0.1, 0.15) is 33.1 Å². The van der Waals surface area contributed by atoms with Gasteiger partial charge in [0.1, 0.15) is 0 Å². The smallest absolute Gasteiger partial charge is 0.178 e. The van der Waals surface area contributed by atoms with E-state index in [0.29, 0.717) is 23.1 Å². The molecule has 0 saturated heterocycles. The molecule has 0 amide bonds. The monoisotopic (exact) mass is 317 g/mol. The third kappa shape index (κ3) is 5.71. The highest BCUT2D eigenvalue weighted by Crippen LogP contribution is 2.16. The summed E-state index contributed by atoms with van der Waals surface area (Å²) in [4.78, 5) is 0.403. The summed E-state index contributed by atoms with van der Waals surface area (Å²) in [6, 6.07) is 7.00. The maximum atomic E-state index is 11.9. The number of benzene rings is 1. The molecule has 1 atom stereocenters. The van der Waals surface area contributed by atoms with Gasteiger partial charge >= 0.3 is 0 Å². The second-order valence-electron chi connectivity index (χ2n) is 5.17. The third-order valence-electron chi connectivity index (χ3n) is 3.15. The lowest BCUT2D eigenvalue weighted by atomic mass is 10.1. The lowest BCUT2D eigenvalue weighted by Gasteiger charge is -2.10. The summed E-state index contributed by atoms with van der Waals surface area (Å²) < 4.78 is 23.8. The van der Waals surface area contributed by atoms with E-state index in [0.717, 1.165) is 25.1 Å². The third-order valence-corrected chi connectivity index (χ3v) is 5.62. The summed E-state index contributed by atoms with van der Waals surface area (Å²) >= 11 is 5.76. The molecule has 0 spiro atoms. The van der Waals surface area contributed by atoms with Crippen LogP contribution in [0.4, 0.5) is 5.69 Å². The van der Waals surface area contributed by atoms with E-state index in [1.807, 2.05) is 19.1 Å². The lowest BCUT2D eigenvalue weighted by molar-refractivity contribution is 0.572. The van der Waals surface area contributed by atoms with Gasteiger partial charge in [0.05, 0.1) is 10.6 Å². The number of hydrogen-bond acceptors (Lipinski definition) is 3. The van der Waals surface area contributed by atoms with Gasteiger partial charge in [-0.25, -0.2) is 8.42 Å². The number of nitrogens with one attached hydrogen (secondary N) is 1. The highest BCUT2D eigenvalue weighted by atomic mass is 35.5. The van der Waals surface area contributed by atoms with Gasteiger partial charge < -0.3 is 5.32 Å². The van der Waals surface area contributed by atoms with Gasteiger partial charge in [-0.1, -0.05) is 13.8 Å². The van der Waals surface area contributed by atoms with E-state index in [2.05, 4.69) is 12.2 Å². The van der Waals surface area contributed by atoms with Crippen LogP contribution in [-0.4, -0.2) is 26.6 Å². The normalized spacial score (nSPS) is 13.2. The Morgan fingerprint density at radius 1 is 1.25 bits per heavy atom. The van der Waals surface area contributed by atoms with Gasteiger partial charge in [0, 0.05) is 18.1 Å². The molecule has 114 valence electrons. The maximum absolute atomic E-state index is 11.9. The molecule has 0 radical (unpaired) electrons. The fourth-order valence-corrected chi connectivity index (χ4v) is 3.41. The van der Waals surface area contributed by atoms with Crippen molar-refractivity contribution < 1.29 is 8.42 Å². The Balaban J connectivity index is 2.47. The first-order valence-corrected chi connectivity index (χ1v) is 9.31. The molecule has 0 saturated carbocycles. The zero-order valence-corrected chi connectivity index (χ0v) is 13.8. The Bertz CT molecular complexity index is 485. The zero-order valence-electron chi connectivity index (χ0n) is 12.2. The molecule has 0 bridgehead atoms. The molecule has 20 heavy (non-hydrogen) atoms. The molecule has 0 aliphatic rings. The predicted molar refractivity (Wildman–Crippen MR) is 86.4 cm³/mol. The molecule has 1 aromatic carbocycles. The topological polar surface area (TPSA) is 46.2 Å². The van der Waals surface area contributed by atoms with E-state index in [4.69, 9.17) is 11.6 Å². The van der Waals surface area contributed by atoms with Crippen LogP contribution in [0.25, 0.3) is 0 Å². The standard InChI is InChI=1S/C15H24ClNO2S/c1-3-11-20(18,19)15-8-6-14(7-9-15)17-10-4-5-13(2)12-16/h6-9,13,17H,3-5,10-12H2,1-2H3. The Hall–Kier alpha value is -0.740. The van der Waals surface area contributed by atoms with Crippen LogP contribution >= 0.6 is 11.6 Å². The van der Waals surface area contributed by atoms with Crippen LogP contribution in [0.5, 0.6) is 0 Å². The SMILES string of the molecule is CCCS(=O)(=O)c1ccc(NCCCC(C)CCl)cc1. The number of alkyl halides is 1. The molecule has 0 aromatic heterocycles. The maximum Gasteiger partial charge on any atom is 0.178 e. The average molecular weight is 318 g/mol. The van der Waals surface area contributed by atoms with E-state index >= 15 is 0 Å². The number of hydrogen-bond donors (Lipinski definition) is 1. The molecule has 0 aliphatic carbocycles. The van der Waals surface area contributed by atoms with Crippen molar-refractivity contribution in [3.05, 3.63) is 24.3 Å². The summed E-state index contributed by atoms with van der Waals surface area (Å²) in [6.07, 6.45) is 2.80. The van der Waals surface area contributed by atoms with Gasteiger partial charge in [-0.3, -0.25) is 0 Å². The van der Waals surface area contributed by atoms with Crippen LogP contribution in [0, 0.1) is 5.92 Å². The van der Waals surface area contributed by atoms with Gasteiger partial charge in [-0.05, 0) is 49.4 Å². The molecule has 1 unspecified atom stereocenters. The van der Waals surface area contributed by atoms with E-state index in [1.54, 1.807) is 12.1 Å². The van der Waals surface area contributed by atoms with Crippen molar-refractivity contribution in [3.8, 4) is 0 Å². The Morgan fingerprint density at radius 3 is 2.45 bits per heavy atom. The molecule has 5 heteroatoms. The molecule has 1 aromatic rings. The summed E-state index contributed by atoms with van der Waals surface area (Å²) in [7, 11) is -3.11. The summed E-state index contributed by atoms with van der Waals surface area (Å²) in [5, 5.41) is 3.30. The molecule has 0 heterocycles. The van der Waals surface area contributed by atoms with Crippen molar-refractivity contribution in [1.29, 1.82) is 0 Å². The summed E-state index contributed by atoms with van der Waals surface area (Å²) in [5.41, 5.74) is 0.957. The van der Waals surface area contributed by atoms with E-state index < -0.39 is 9.84 Å². The minimum Gasteiger partial charge on any atom is -0.385 e. The van der Waals surface area contributed by atoms with Crippen LogP contribution in [-0.2, 0) is 9.84 Å². The number of sulfone groups is 1. The van der Waals surface area contributed by atoms with Crippen molar-refractivity contribution in [2.45, 2.75) is 38.0 Å². The highest BCUT2D eigenvalue weighted by Gasteiger charge is 2.12. The number of anilines is 1. The van der Waals surface area contributed by atoms with Gasteiger partial charge in [0.2, 0.25) is 0 Å². The van der Waals surface area contributed by atoms with Crippen LogP contribution < -0.4 is 5.32 Å². The van der Waals surface area contributed by atoms with E-state index in [9.17, 15) is 8.42 Å². The summed E-state index contributed by atoms with van der Waals surface area (Å²) in [6.45, 7) is 4.89. The minimum atomic E-state index is -3.11. The first-order chi connectivity index (χ1) is 9.49. The molecule has 0 aliphatic heterocycles. The number of rotatable bonds is 9. The van der Waals surface area contributed by atoms with Crippen LogP contribution in [0.3, 0.4) is 0 Å².